The fourth-order valence-electron chi connectivity index (χ4n) is 1.81. The summed E-state index contributed by atoms with van der Waals surface area (Å²) in [5.74, 6) is 0.457. The Morgan fingerprint density at radius 2 is 1.90 bits per heavy atom. The van der Waals surface area contributed by atoms with Crippen LogP contribution in [0.1, 0.15) is 15.9 Å². The Bertz CT molecular complexity index is 611. The maximum atomic E-state index is 11.5. The highest BCUT2D eigenvalue weighted by Gasteiger charge is 2.13. The minimum atomic E-state index is -0.552. The van der Waals surface area contributed by atoms with Crippen LogP contribution in [0.15, 0.2) is 46.9 Å². The molecule has 0 aromatic heterocycles. The van der Waals surface area contributed by atoms with Crippen LogP contribution >= 0.6 is 15.9 Å². The molecule has 2 aromatic carbocycles. The van der Waals surface area contributed by atoms with E-state index in [0.29, 0.717) is 28.0 Å². The third-order valence-electron chi connectivity index (χ3n) is 2.77. The third-order valence-corrected chi connectivity index (χ3v) is 3.43. The van der Waals surface area contributed by atoms with Crippen LogP contribution in [0.2, 0.25) is 0 Å². The van der Waals surface area contributed by atoms with Gasteiger partial charge >= 0.3 is 0 Å². The number of rotatable bonds is 5. The lowest BCUT2D eigenvalue weighted by Gasteiger charge is -2.11. The first kappa shape index (κ1) is 14.6. The maximum absolute atomic E-state index is 11.5. The predicted molar refractivity (Wildman–Crippen MR) is 80.0 cm³/mol. The topological polar surface area (TPSA) is 72.6 Å². The van der Waals surface area contributed by atoms with Gasteiger partial charge in [0.1, 0.15) is 11.5 Å². The minimum Gasteiger partial charge on any atom is -0.456 e. The molecule has 0 bridgehead atoms. The van der Waals surface area contributed by atoms with Crippen LogP contribution in [-0.4, -0.2) is 17.6 Å². The molecule has 104 valence electrons. The van der Waals surface area contributed by atoms with Gasteiger partial charge in [-0.05, 0) is 52.2 Å². The second-order valence-corrected chi connectivity index (χ2v) is 5.05. The summed E-state index contributed by atoms with van der Waals surface area (Å²) in [5.41, 5.74) is 6.69. The summed E-state index contributed by atoms with van der Waals surface area (Å²) < 4.78 is 6.29. The highest BCUT2D eigenvalue weighted by Crippen LogP contribution is 2.30. The number of hydrogen-bond acceptors (Lipinski definition) is 3. The van der Waals surface area contributed by atoms with Crippen LogP contribution in [0.3, 0.4) is 0 Å². The molecule has 0 unspecified atom stereocenters. The Hall–Kier alpha value is -1.85. The van der Waals surface area contributed by atoms with E-state index in [9.17, 15) is 4.79 Å². The Morgan fingerprint density at radius 3 is 2.50 bits per heavy atom. The van der Waals surface area contributed by atoms with E-state index in [-0.39, 0.29) is 6.61 Å². The number of nitrogens with two attached hydrogens (primary N) is 1. The van der Waals surface area contributed by atoms with E-state index in [4.69, 9.17) is 15.6 Å². The zero-order chi connectivity index (χ0) is 14.5. The minimum absolute atomic E-state index is 0.109. The van der Waals surface area contributed by atoms with E-state index < -0.39 is 5.91 Å². The molecule has 2 aromatic rings. The second kappa shape index (κ2) is 6.54. The van der Waals surface area contributed by atoms with Gasteiger partial charge in [-0.2, -0.15) is 0 Å². The summed E-state index contributed by atoms with van der Waals surface area (Å²) in [5, 5.41) is 8.86. The smallest absolute Gasteiger partial charge is 0.253 e. The van der Waals surface area contributed by atoms with Crippen molar-refractivity contribution in [3.05, 3.63) is 58.1 Å². The summed E-state index contributed by atoms with van der Waals surface area (Å²) in [4.78, 5) is 11.5. The van der Waals surface area contributed by atoms with Gasteiger partial charge in [0, 0.05) is 11.1 Å². The van der Waals surface area contributed by atoms with Crippen molar-refractivity contribution in [1.29, 1.82) is 0 Å². The van der Waals surface area contributed by atoms with E-state index in [2.05, 4.69) is 15.9 Å². The van der Waals surface area contributed by atoms with Crippen molar-refractivity contribution in [2.24, 2.45) is 5.73 Å². The quantitative estimate of drug-likeness (QED) is 0.882. The van der Waals surface area contributed by atoms with Gasteiger partial charge in [-0.1, -0.05) is 18.2 Å². The number of hydrogen-bond donors (Lipinski definition) is 2. The molecule has 1 amide bonds. The number of benzene rings is 2. The number of aliphatic hydroxyl groups is 1. The molecule has 0 radical (unpaired) electrons. The van der Waals surface area contributed by atoms with Gasteiger partial charge in [-0.15, -0.1) is 0 Å². The number of ether oxygens (including phenoxy) is 1. The maximum Gasteiger partial charge on any atom is 0.253 e. The highest BCUT2D eigenvalue weighted by atomic mass is 79.9. The molecule has 0 saturated heterocycles. The summed E-state index contributed by atoms with van der Waals surface area (Å²) in [6.07, 6.45) is 0.601. The number of primary amides is 1. The molecule has 5 heteroatoms. The molecule has 0 aliphatic heterocycles. The number of aliphatic hydroxyl groups excluding tert-OH is 1. The van der Waals surface area contributed by atoms with Crippen LogP contribution in [0.4, 0.5) is 0 Å². The summed E-state index contributed by atoms with van der Waals surface area (Å²) in [6, 6.07) is 12.5. The van der Waals surface area contributed by atoms with Crippen molar-refractivity contribution in [2.45, 2.75) is 6.42 Å². The lowest BCUT2D eigenvalue weighted by Crippen LogP contribution is -2.13. The molecule has 0 aliphatic carbocycles. The van der Waals surface area contributed by atoms with Crippen molar-refractivity contribution in [1.82, 2.24) is 0 Å². The molecule has 2 rings (SSSR count). The third kappa shape index (κ3) is 3.37. The molecule has 0 aliphatic rings. The van der Waals surface area contributed by atoms with Crippen molar-refractivity contribution >= 4 is 21.8 Å². The number of amides is 1. The van der Waals surface area contributed by atoms with E-state index in [1.165, 1.54) is 0 Å². The number of carbonyl (C=O) groups is 1. The van der Waals surface area contributed by atoms with Crippen LogP contribution in [-0.2, 0) is 6.42 Å². The zero-order valence-corrected chi connectivity index (χ0v) is 12.3. The summed E-state index contributed by atoms with van der Waals surface area (Å²) in [6.45, 7) is 0.109. The SMILES string of the molecule is NC(=O)c1c(Br)cccc1Oc1ccc(CCO)cc1. The first-order valence-corrected chi connectivity index (χ1v) is 6.87. The molecule has 0 atom stereocenters. The second-order valence-electron chi connectivity index (χ2n) is 4.20. The first-order valence-electron chi connectivity index (χ1n) is 6.08. The van der Waals surface area contributed by atoms with Crippen molar-refractivity contribution in [2.75, 3.05) is 6.61 Å². The Labute approximate surface area is 125 Å². The van der Waals surface area contributed by atoms with Crippen LogP contribution in [0, 0.1) is 0 Å². The molecule has 0 spiro atoms. The highest BCUT2D eigenvalue weighted by molar-refractivity contribution is 9.10. The van der Waals surface area contributed by atoms with Gasteiger partial charge in [-0.3, -0.25) is 4.79 Å². The zero-order valence-electron chi connectivity index (χ0n) is 10.7. The molecule has 20 heavy (non-hydrogen) atoms. The molecule has 4 nitrogen and oxygen atoms in total. The molecule has 0 heterocycles. The van der Waals surface area contributed by atoms with E-state index in [0.717, 1.165) is 5.56 Å². The monoisotopic (exact) mass is 335 g/mol. The van der Waals surface area contributed by atoms with Crippen LogP contribution < -0.4 is 10.5 Å². The van der Waals surface area contributed by atoms with Gasteiger partial charge in [-0.25, -0.2) is 0 Å². The lowest BCUT2D eigenvalue weighted by molar-refractivity contribution is 0.0997. The van der Waals surface area contributed by atoms with Gasteiger partial charge in [0.05, 0.1) is 5.56 Å². The van der Waals surface area contributed by atoms with Crippen molar-refractivity contribution in [3.8, 4) is 11.5 Å². The van der Waals surface area contributed by atoms with Crippen molar-refractivity contribution in [3.63, 3.8) is 0 Å². The van der Waals surface area contributed by atoms with E-state index in [1.807, 2.05) is 12.1 Å². The number of halogens is 1. The number of carbonyl (C=O) groups excluding carboxylic acids is 1. The van der Waals surface area contributed by atoms with Crippen molar-refractivity contribution < 1.29 is 14.6 Å². The summed E-state index contributed by atoms with van der Waals surface area (Å²) >= 11 is 3.28. The van der Waals surface area contributed by atoms with Gasteiger partial charge in [0.25, 0.3) is 5.91 Å². The summed E-state index contributed by atoms with van der Waals surface area (Å²) in [7, 11) is 0. The average Bonchev–Trinajstić information content (AvgIpc) is 2.41. The fraction of sp³-hybridized carbons (Fsp3) is 0.133. The molecular weight excluding hydrogens is 322 g/mol. The average molecular weight is 336 g/mol. The Balaban J connectivity index is 2.26. The molecule has 0 fully saturated rings. The van der Waals surface area contributed by atoms with E-state index >= 15 is 0 Å². The lowest BCUT2D eigenvalue weighted by atomic mass is 10.1. The largest absolute Gasteiger partial charge is 0.456 e. The van der Waals surface area contributed by atoms with Gasteiger partial charge in [0.15, 0.2) is 0 Å². The standard InChI is InChI=1S/C15H14BrNO3/c16-12-2-1-3-13(14(12)15(17)19)20-11-6-4-10(5-7-11)8-9-18/h1-7,18H,8-9H2,(H2,17,19). The van der Waals surface area contributed by atoms with Gasteiger partial charge < -0.3 is 15.6 Å². The predicted octanol–water partition coefficient (Wildman–Crippen LogP) is 2.88. The van der Waals surface area contributed by atoms with Crippen LogP contribution in [0.25, 0.3) is 0 Å². The van der Waals surface area contributed by atoms with Gasteiger partial charge in [0.2, 0.25) is 0 Å². The first-order chi connectivity index (χ1) is 9.61. The van der Waals surface area contributed by atoms with Crippen LogP contribution in [0.5, 0.6) is 11.5 Å². The normalized spacial score (nSPS) is 10.3. The molecule has 0 saturated carbocycles. The molecule has 3 N–H and O–H groups in total. The fourth-order valence-corrected chi connectivity index (χ4v) is 2.35. The Morgan fingerprint density at radius 1 is 1.20 bits per heavy atom. The Kier molecular flexibility index (Phi) is 4.76. The van der Waals surface area contributed by atoms with E-state index in [1.54, 1.807) is 30.3 Å². The molecular formula is C15H14BrNO3.